The van der Waals surface area contributed by atoms with Gasteiger partial charge in [-0.05, 0) is 71.7 Å². The van der Waals surface area contributed by atoms with Crippen molar-refractivity contribution in [2.45, 2.75) is 82.4 Å². The molecule has 3 aromatic rings. The number of hydrogen-bond donors (Lipinski definition) is 4. The molecule has 8 heteroatoms. The van der Waals surface area contributed by atoms with Crippen LogP contribution in [0.4, 0.5) is 14.5 Å². The number of amides is 1. The predicted molar refractivity (Wildman–Crippen MR) is 169 cm³/mol. The summed E-state index contributed by atoms with van der Waals surface area (Å²) in [6.45, 7) is 6.81. The fraction of sp³-hybridized carbons (Fsp3) is 0.441. The Hall–Kier alpha value is -2.94. The number of hydrogen-bond acceptors (Lipinski definition) is 5. The molecule has 1 aliphatic rings. The van der Waals surface area contributed by atoms with E-state index in [4.69, 9.17) is 0 Å². The minimum absolute atomic E-state index is 0.00360. The van der Waals surface area contributed by atoms with Gasteiger partial charge >= 0.3 is 0 Å². The normalized spacial score (nSPS) is 16.5. The van der Waals surface area contributed by atoms with Crippen LogP contribution in [0.25, 0.3) is 0 Å². The number of halogens is 2. The lowest BCUT2D eigenvalue weighted by molar-refractivity contribution is 0.0788. The van der Waals surface area contributed by atoms with Crippen LogP contribution in [-0.2, 0) is 17.4 Å². The highest BCUT2D eigenvalue weighted by atomic mass is 32.2. The van der Waals surface area contributed by atoms with Crippen LogP contribution in [-0.4, -0.2) is 36.0 Å². The molecule has 4 rings (SSSR count). The molecule has 1 aliphatic carbocycles. The summed E-state index contributed by atoms with van der Waals surface area (Å²) in [5.74, 6) is -1.76. The molecule has 4 N–H and O–H groups in total. The highest BCUT2D eigenvalue weighted by Gasteiger charge is 2.35. The van der Waals surface area contributed by atoms with Crippen molar-refractivity contribution in [3.63, 3.8) is 0 Å². The fourth-order valence-corrected chi connectivity index (χ4v) is 6.17. The first-order valence-electron chi connectivity index (χ1n) is 14.7. The average Bonchev–Trinajstić information content (AvgIpc) is 2.95. The topological polar surface area (TPSA) is 73.4 Å². The molecule has 226 valence electrons. The maximum Gasteiger partial charge on any atom is 0.251 e. The summed E-state index contributed by atoms with van der Waals surface area (Å²) in [6.07, 6.45) is 6.14. The molecule has 1 amide bonds. The van der Waals surface area contributed by atoms with Gasteiger partial charge in [-0.15, -0.1) is 0 Å². The van der Waals surface area contributed by atoms with Crippen LogP contribution in [0.1, 0.15) is 79.9 Å². The lowest BCUT2D eigenvalue weighted by Crippen LogP contribution is -2.53. The van der Waals surface area contributed by atoms with Gasteiger partial charge in [-0.3, -0.25) is 4.79 Å². The number of carbonyl (C=O) groups is 1. The van der Waals surface area contributed by atoms with Crippen LogP contribution in [0.2, 0.25) is 0 Å². The Kier molecular flexibility index (Phi) is 10.7. The molecule has 0 aliphatic heterocycles. The predicted octanol–water partition coefficient (Wildman–Crippen LogP) is 7.10. The van der Waals surface area contributed by atoms with Crippen molar-refractivity contribution in [1.29, 1.82) is 0 Å². The van der Waals surface area contributed by atoms with Gasteiger partial charge in [0, 0.05) is 35.7 Å². The van der Waals surface area contributed by atoms with Crippen molar-refractivity contribution < 1.29 is 18.7 Å². The fourth-order valence-electron chi connectivity index (χ4n) is 5.81. The third-order valence-electron chi connectivity index (χ3n) is 8.14. The highest BCUT2D eigenvalue weighted by molar-refractivity contribution is 7.99. The quantitative estimate of drug-likeness (QED) is 0.178. The van der Waals surface area contributed by atoms with Crippen molar-refractivity contribution in [2.24, 2.45) is 0 Å². The number of aliphatic hydroxyl groups is 1. The Bertz CT molecular complexity index is 1330. The van der Waals surface area contributed by atoms with Gasteiger partial charge in [0.2, 0.25) is 0 Å². The number of aliphatic hydroxyl groups excluding tert-OH is 1. The summed E-state index contributed by atoms with van der Waals surface area (Å²) in [5.41, 5.74) is 3.71. The van der Waals surface area contributed by atoms with Gasteiger partial charge in [-0.2, -0.15) is 0 Å². The number of nitrogens with one attached hydrogen (secondary N) is 3. The first-order valence-corrected chi connectivity index (χ1v) is 15.9. The van der Waals surface area contributed by atoms with Gasteiger partial charge in [-0.1, -0.05) is 82.3 Å². The van der Waals surface area contributed by atoms with E-state index in [9.17, 15) is 18.7 Å². The largest absolute Gasteiger partial charge is 0.390 e. The van der Waals surface area contributed by atoms with E-state index in [0.29, 0.717) is 11.1 Å². The van der Waals surface area contributed by atoms with Crippen molar-refractivity contribution in [3.05, 3.63) is 101 Å². The molecule has 1 fully saturated rings. The molecule has 42 heavy (non-hydrogen) atoms. The summed E-state index contributed by atoms with van der Waals surface area (Å²) < 4.78 is 31.2. The molecule has 0 spiro atoms. The molecule has 0 radical (unpaired) electrons. The molecule has 0 unspecified atom stereocenters. The zero-order chi connectivity index (χ0) is 30.3. The lowest BCUT2D eigenvalue weighted by atomic mass is 9.74. The number of carbonyl (C=O) groups excluding carboxylic acids is 1. The summed E-state index contributed by atoms with van der Waals surface area (Å²) in [6, 6.07) is 18.3. The Morgan fingerprint density at radius 3 is 2.33 bits per heavy atom. The van der Waals surface area contributed by atoms with Crippen molar-refractivity contribution in [3.8, 4) is 0 Å². The van der Waals surface area contributed by atoms with Crippen LogP contribution < -0.4 is 15.4 Å². The minimum Gasteiger partial charge on any atom is -0.390 e. The molecule has 3 aromatic carbocycles. The van der Waals surface area contributed by atoms with E-state index in [-0.39, 0.29) is 29.8 Å². The Morgan fingerprint density at radius 2 is 1.67 bits per heavy atom. The molecule has 0 heterocycles. The lowest BCUT2D eigenvalue weighted by Gasteiger charge is -2.41. The molecule has 0 bridgehead atoms. The zero-order valence-electron chi connectivity index (χ0n) is 25.0. The van der Waals surface area contributed by atoms with E-state index < -0.39 is 23.8 Å². The van der Waals surface area contributed by atoms with Gasteiger partial charge in [0.25, 0.3) is 5.91 Å². The van der Waals surface area contributed by atoms with Gasteiger partial charge < -0.3 is 20.5 Å². The molecular formula is C34H43F2N3O2S. The van der Waals surface area contributed by atoms with Gasteiger partial charge in [0.15, 0.2) is 0 Å². The van der Waals surface area contributed by atoms with Gasteiger partial charge in [-0.25, -0.2) is 8.78 Å². The molecular weight excluding hydrogens is 552 g/mol. The van der Waals surface area contributed by atoms with Crippen molar-refractivity contribution in [2.75, 3.05) is 17.5 Å². The monoisotopic (exact) mass is 595 g/mol. The smallest absolute Gasteiger partial charge is 0.251 e. The Balaban J connectivity index is 1.58. The number of anilines is 1. The molecule has 2 atom stereocenters. The molecule has 0 saturated heterocycles. The van der Waals surface area contributed by atoms with Crippen LogP contribution >= 0.6 is 11.9 Å². The second kappa shape index (κ2) is 14.0. The standard InChI is InChI=1S/C34H43F2N3O2S/c1-33(2,3)25-11-9-12-26(20-25)34(14-6-5-7-15-34)37-22-31(40)30(18-23-16-27(35)21-28(36)17-23)38-32(41)24-10-8-13-29(19-24)39-42-4/h8-13,16-17,19-21,30-31,37,39-40H,5-7,14-15,18,22H2,1-4H3,(H,38,41)/t30-,31+/m0/s1. The summed E-state index contributed by atoms with van der Waals surface area (Å²) in [4.78, 5) is 13.3. The first kappa shape index (κ1) is 32.0. The second-order valence-electron chi connectivity index (χ2n) is 12.4. The zero-order valence-corrected chi connectivity index (χ0v) is 25.8. The third kappa shape index (κ3) is 8.33. The van der Waals surface area contributed by atoms with Crippen LogP contribution in [0.3, 0.4) is 0 Å². The molecule has 0 aromatic heterocycles. The molecule has 5 nitrogen and oxygen atoms in total. The van der Waals surface area contributed by atoms with Gasteiger partial charge in [0.05, 0.1) is 12.1 Å². The van der Waals surface area contributed by atoms with E-state index in [1.54, 1.807) is 18.2 Å². The minimum atomic E-state index is -1.02. The van der Waals surface area contributed by atoms with E-state index in [2.05, 4.69) is 60.4 Å². The number of benzene rings is 3. The van der Waals surface area contributed by atoms with Gasteiger partial charge in [0.1, 0.15) is 11.6 Å². The van der Waals surface area contributed by atoms with E-state index in [1.165, 1.54) is 41.6 Å². The second-order valence-corrected chi connectivity index (χ2v) is 13.0. The summed E-state index contributed by atoms with van der Waals surface area (Å²) >= 11 is 1.42. The number of rotatable bonds is 11. The average molecular weight is 596 g/mol. The summed E-state index contributed by atoms with van der Waals surface area (Å²) in [7, 11) is 0. The highest BCUT2D eigenvalue weighted by Crippen LogP contribution is 2.38. The van der Waals surface area contributed by atoms with Crippen LogP contribution in [0.5, 0.6) is 0 Å². The summed E-state index contributed by atoms with van der Waals surface area (Å²) in [5, 5.41) is 18.2. The van der Waals surface area contributed by atoms with Crippen molar-refractivity contribution >= 4 is 23.5 Å². The van der Waals surface area contributed by atoms with E-state index in [0.717, 1.165) is 37.4 Å². The maximum atomic E-state index is 14.1. The SMILES string of the molecule is CSNc1cccc(C(=O)N[C@@H](Cc2cc(F)cc(F)c2)[C@H](O)CNC2(c3cccc(C(C)(C)C)c3)CCCCC2)c1. The van der Waals surface area contributed by atoms with E-state index in [1.807, 2.05) is 12.3 Å². The molecule has 1 saturated carbocycles. The maximum absolute atomic E-state index is 14.1. The first-order chi connectivity index (χ1) is 20.0. The van der Waals surface area contributed by atoms with Crippen LogP contribution in [0, 0.1) is 11.6 Å². The Labute approximate surface area is 253 Å². The van der Waals surface area contributed by atoms with Crippen LogP contribution in [0.15, 0.2) is 66.7 Å². The van der Waals surface area contributed by atoms with E-state index >= 15 is 0 Å². The Morgan fingerprint density at radius 1 is 0.976 bits per heavy atom. The van der Waals surface area contributed by atoms with Crippen molar-refractivity contribution in [1.82, 2.24) is 10.6 Å². The third-order valence-corrected chi connectivity index (χ3v) is 8.58.